The fourth-order valence-corrected chi connectivity index (χ4v) is 3.03. The van der Waals surface area contributed by atoms with Crippen molar-refractivity contribution in [3.8, 4) is 0 Å². The van der Waals surface area contributed by atoms with E-state index in [4.69, 9.17) is 4.74 Å². The Labute approximate surface area is 147 Å². The predicted molar refractivity (Wildman–Crippen MR) is 97.1 cm³/mol. The van der Waals surface area contributed by atoms with E-state index in [1.807, 2.05) is 20.8 Å². The van der Waals surface area contributed by atoms with Crippen molar-refractivity contribution >= 4 is 11.9 Å². The molecule has 0 aliphatic carbocycles. The Morgan fingerprint density at radius 3 is 2.08 bits per heavy atom. The molecule has 5 nitrogen and oxygen atoms in total. The van der Waals surface area contributed by atoms with Crippen molar-refractivity contribution in [1.29, 1.82) is 0 Å². The van der Waals surface area contributed by atoms with E-state index < -0.39 is 17.7 Å². The van der Waals surface area contributed by atoms with Gasteiger partial charge in [0, 0.05) is 19.5 Å². The highest BCUT2D eigenvalue weighted by Crippen LogP contribution is 2.35. The van der Waals surface area contributed by atoms with Crippen molar-refractivity contribution in [2.24, 2.45) is 5.41 Å². The van der Waals surface area contributed by atoms with Crippen LogP contribution in [0, 0.1) is 5.41 Å². The predicted octanol–water partition coefficient (Wildman–Crippen LogP) is 3.71. The number of carbonyl (C=O) groups is 2. The fourth-order valence-electron chi connectivity index (χ4n) is 3.03. The lowest BCUT2D eigenvalue weighted by atomic mass is 9.75. The van der Waals surface area contributed by atoms with Gasteiger partial charge in [-0.15, -0.1) is 0 Å². The number of ether oxygens (including phenoxy) is 1. The van der Waals surface area contributed by atoms with Gasteiger partial charge in [-0.05, 0) is 72.9 Å². The maximum absolute atomic E-state index is 12.7. The van der Waals surface area contributed by atoms with Crippen molar-refractivity contribution in [3.63, 3.8) is 0 Å². The molecule has 5 heteroatoms. The molecule has 1 aliphatic rings. The van der Waals surface area contributed by atoms with Crippen molar-refractivity contribution in [1.82, 2.24) is 9.80 Å². The van der Waals surface area contributed by atoms with Gasteiger partial charge in [0.1, 0.15) is 5.60 Å². The van der Waals surface area contributed by atoms with Gasteiger partial charge < -0.3 is 14.5 Å². The van der Waals surface area contributed by atoms with Gasteiger partial charge in [0.15, 0.2) is 5.78 Å². The molecule has 1 heterocycles. The Hall–Kier alpha value is -1.10. The van der Waals surface area contributed by atoms with Crippen molar-refractivity contribution in [2.45, 2.75) is 85.4 Å². The normalized spacial score (nSPS) is 19.9. The van der Waals surface area contributed by atoms with Crippen LogP contribution in [0.3, 0.4) is 0 Å². The number of hydrogen-bond acceptors (Lipinski definition) is 4. The molecule has 24 heavy (non-hydrogen) atoms. The van der Waals surface area contributed by atoms with E-state index in [1.165, 1.54) is 4.90 Å². The number of likely N-dealkylation sites (tertiary alicyclic amines) is 1. The molecule has 0 saturated carbocycles. The van der Waals surface area contributed by atoms with Gasteiger partial charge in [-0.3, -0.25) is 4.79 Å². The zero-order chi connectivity index (χ0) is 18.7. The number of carbonyl (C=O) groups excluding carboxylic acids is 2. The van der Waals surface area contributed by atoms with Crippen molar-refractivity contribution in [2.75, 3.05) is 20.1 Å². The van der Waals surface area contributed by atoms with Crippen LogP contribution in [0.15, 0.2) is 0 Å². The first-order valence-electron chi connectivity index (χ1n) is 9.07. The summed E-state index contributed by atoms with van der Waals surface area (Å²) < 4.78 is 5.35. The van der Waals surface area contributed by atoms with Gasteiger partial charge in [-0.25, -0.2) is 4.79 Å². The molecule has 0 aromatic rings. The average Bonchev–Trinajstić information content (AvgIpc) is 2.43. The molecule has 0 N–H and O–H groups in total. The molecule has 1 rings (SSSR count). The minimum Gasteiger partial charge on any atom is -0.444 e. The molecule has 0 spiro atoms. The number of Topliss-reactive ketones (excluding diaryl/α,β-unsaturated/α-hetero) is 1. The lowest BCUT2D eigenvalue weighted by Crippen LogP contribution is -2.46. The van der Waals surface area contributed by atoms with Crippen LogP contribution >= 0.6 is 0 Å². The van der Waals surface area contributed by atoms with Crippen LogP contribution in [-0.4, -0.2) is 59.5 Å². The van der Waals surface area contributed by atoms with Crippen molar-refractivity contribution in [3.05, 3.63) is 0 Å². The minimum atomic E-state index is -0.552. The Morgan fingerprint density at radius 2 is 1.67 bits per heavy atom. The van der Waals surface area contributed by atoms with E-state index in [0.717, 1.165) is 25.9 Å². The summed E-state index contributed by atoms with van der Waals surface area (Å²) in [6.45, 7) is 16.0. The number of hydrogen-bond donors (Lipinski definition) is 0. The van der Waals surface area contributed by atoms with Crippen LogP contribution in [0.4, 0.5) is 4.79 Å². The summed E-state index contributed by atoms with van der Waals surface area (Å²) in [4.78, 5) is 28.7. The third-order valence-corrected chi connectivity index (χ3v) is 5.06. The molecule has 0 aromatic carbocycles. The second-order valence-electron chi connectivity index (χ2n) is 8.85. The summed E-state index contributed by atoms with van der Waals surface area (Å²) in [6.07, 6.45) is 2.13. The summed E-state index contributed by atoms with van der Waals surface area (Å²) in [5.41, 5.74) is -0.519. The first kappa shape index (κ1) is 20.9. The Bertz CT molecular complexity index is 446. The molecule has 1 amide bonds. The second-order valence-corrected chi connectivity index (χ2v) is 8.85. The topological polar surface area (TPSA) is 49.9 Å². The number of likely N-dealkylation sites (N-methyl/N-ethyl adjacent to an activating group) is 1. The summed E-state index contributed by atoms with van der Waals surface area (Å²) in [7, 11) is 1.64. The first-order chi connectivity index (χ1) is 10.8. The molecule has 0 aromatic heterocycles. The van der Waals surface area contributed by atoms with Crippen LogP contribution in [0.1, 0.15) is 67.7 Å². The molecule has 1 atom stereocenters. The quantitative estimate of drug-likeness (QED) is 0.765. The maximum atomic E-state index is 12.7. The molecular weight excluding hydrogens is 304 g/mol. The Morgan fingerprint density at radius 1 is 1.17 bits per heavy atom. The van der Waals surface area contributed by atoms with E-state index in [1.54, 1.807) is 14.0 Å². The highest BCUT2D eigenvalue weighted by atomic mass is 16.6. The standard InChI is InChI=1S/C19H36N2O3/c1-14(2)21-11-9-19(7,10-12-21)13-16(22)15(3)20(8)17(23)24-18(4,5)6/h14-15H,9-13H2,1-8H3. The minimum absolute atomic E-state index is 0.0332. The number of ketones is 1. The number of amides is 1. The van der Waals surface area contributed by atoms with Gasteiger partial charge in [0.2, 0.25) is 0 Å². The van der Waals surface area contributed by atoms with E-state index in [0.29, 0.717) is 12.5 Å². The van der Waals surface area contributed by atoms with Gasteiger partial charge in [0.25, 0.3) is 0 Å². The van der Waals surface area contributed by atoms with Crippen LogP contribution < -0.4 is 0 Å². The lowest BCUT2D eigenvalue weighted by Gasteiger charge is -2.41. The smallest absolute Gasteiger partial charge is 0.410 e. The van der Waals surface area contributed by atoms with E-state index >= 15 is 0 Å². The Kier molecular flexibility index (Phi) is 6.85. The third-order valence-electron chi connectivity index (χ3n) is 5.06. The zero-order valence-electron chi connectivity index (χ0n) is 16.8. The van der Waals surface area contributed by atoms with E-state index in [-0.39, 0.29) is 11.2 Å². The molecule has 1 fully saturated rings. The lowest BCUT2D eigenvalue weighted by molar-refractivity contribution is -0.126. The molecule has 0 bridgehead atoms. The number of nitrogens with zero attached hydrogens (tertiary/aromatic N) is 2. The summed E-state index contributed by atoms with van der Waals surface area (Å²) >= 11 is 0. The van der Waals surface area contributed by atoms with Crippen LogP contribution in [0.25, 0.3) is 0 Å². The highest BCUT2D eigenvalue weighted by molar-refractivity contribution is 5.87. The van der Waals surface area contributed by atoms with Crippen LogP contribution in [0.2, 0.25) is 0 Å². The average molecular weight is 341 g/mol. The summed E-state index contributed by atoms with van der Waals surface area (Å²) in [5.74, 6) is 0.115. The monoisotopic (exact) mass is 340 g/mol. The zero-order valence-corrected chi connectivity index (χ0v) is 16.8. The molecule has 1 saturated heterocycles. The van der Waals surface area contributed by atoms with E-state index in [2.05, 4.69) is 25.7 Å². The fraction of sp³-hybridized carbons (Fsp3) is 0.895. The van der Waals surface area contributed by atoms with Gasteiger partial charge in [0.05, 0.1) is 6.04 Å². The number of rotatable bonds is 5. The largest absolute Gasteiger partial charge is 0.444 e. The maximum Gasteiger partial charge on any atom is 0.410 e. The summed E-state index contributed by atoms with van der Waals surface area (Å²) in [6, 6.07) is 0.0993. The molecular formula is C19H36N2O3. The third kappa shape index (κ3) is 6.08. The van der Waals surface area contributed by atoms with Crippen LogP contribution in [0.5, 0.6) is 0 Å². The van der Waals surface area contributed by atoms with Crippen molar-refractivity contribution < 1.29 is 14.3 Å². The molecule has 140 valence electrons. The highest BCUT2D eigenvalue weighted by Gasteiger charge is 2.35. The molecule has 1 aliphatic heterocycles. The SMILES string of the molecule is CC(C)N1CCC(C)(CC(=O)C(C)N(C)C(=O)OC(C)(C)C)CC1. The summed E-state index contributed by atoms with van der Waals surface area (Å²) in [5, 5.41) is 0. The van der Waals surface area contributed by atoms with Gasteiger partial charge in [-0.2, -0.15) is 0 Å². The second kappa shape index (κ2) is 7.85. The van der Waals surface area contributed by atoms with Gasteiger partial charge in [-0.1, -0.05) is 6.92 Å². The van der Waals surface area contributed by atoms with Crippen LogP contribution in [-0.2, 0) is 9.53 Å². The molecule has 0 radical (unpaired) electrons. The Balaban J connectivity index is 2.59. The number of piperidine rings is 1. The molecule has 1 unspecified atom stereocenters. The van der Waals surface area contributed by atoms with E-state index in [9.17, 15) is 9.59 Å². The van der Waals surface area contributed by atoms with Gasteiger partial charge >= 0.3 is 6.09 Å². The first-order valence-corrected chi connectivity index (χ1v) is 9.07.